The topological polar surface area (TPSA) is 0 Å². The predicted molar refractivity (Wildman–Crippen MR) is 228 cm³/mol. The SMILES string of the molecule is C.CC1CC1C1C(C2CCCC2)CCCC1C1CCC(C2CCCCCC(C3CCCC4CCCCC43)C(C)C3CCCCC23)CC1.CCCCC. The summed E-state index contributed by atoms with van der Waals surface area (Å²) in [6.07, 6.45) is 48.5. The molecule has 0 aromatic rings. The molecule has 0 aliphatic heterocycles. The first-order valence-corrected chi connectivity index (χ1v) is 25.1. The summed E-state index contributed by atoms with van der Waals surface area (Å²) in [5, 5.41) is 0. The van der Waals surface area contributed by atoms with Crippen molar-refractivity contribution in [2.45, 2.75) is 234 Å². The largest absolute Gasteiger partial charge is 0.0776 e. The van der Waals surface area contributed by atoms with Gasteiger partial charge in [-0.25, -0.2) is 0 Å². The second-order valence-corrected chi connectivity index (χ2v) is 21.5. The Morgan fingerprint density at radius 2 is 0.654 bits per heavy atom. The maximum Gasteiger partial charge on any atom is -0.0321 e. The molecule has 0 saturated heterocycles. The Kier molecular flexibility index (Phi) is 16.4. The van der Waals surface area contributed by atoms with E-state index >= 15 is 0 Å². The number of rotatable bonds is 7. The van der Waals surface area contributed by atoms with Crippen molar-refractivity contribution < 1.29 is 0 Å². The van der Waals surface area contributed by atoms with Crippen LogP contribution in [0.2, 0.25) is 0 Å². The van der Waals surface area contributed by atoms with E-state index in [-0.39, 0.29) is 7.43 Å². The lowest BCUT2D eigenvalue weighted by molar-refractivity contribution is -0.0212. The summed E-state index contributed by atoms with van der Waals surface area (Å²) in [7, 11) is 0. The molecule has 0 amide bonds. The quantitative estimate of drug-likeness (QED) is 0.246. The van der Waals surface area contributed by atoms with E-state index < -0.39 is 0 Å². The van der Waals surface area contributed by atoms with Crippen LogP contribution in [0.4, 0.5) is 0 Å². The molecular formula is C52H94. The molecule has 8 aliphatic carbocycles. The summed E-state index contributed by atoms with van der Waals surface area (Å²) < 4.78 is 0. The van der Waals surface area contributed by atoms with Crippen molar-refractivity contribution in [3.63, 3.8) is 0 Å². The van der Waals surface area contributed by atoms with Gasteiger partial charge >= 0.3 is 0 Å². The summed E-state index contributed by atoms with van der Waals surface area (Å²) in [4.78, 5) is 0. The van der Waals surface area contributed by atoms with Crippen molar-refractivity contribution in [3.05, 3.63) is 0 Å². The Bertz CT molecular complexity index is 978. The molecule has 8 aliphatic rings. The molecule has 0 heteroatoms. The van der Waals surface area contributed by atoms with Crippen LogP contribution >= 0.6 is 0 Å². The molecule has 0 heterocycles. The monoisotopic (exact) mass is 719 g/mol. The normalized spacial score (nSPS) is 46.0. The number of hydrogen-bond acceptors (Lipinski definition) is 0. The van der Waals surface area contributed by atoms with Crippen molar-refractivity contribution in [2.24, 2.45) is 94.7 Å². The number of fused-ring (bicyclic) bond motifs is 2. The Hall–Kier alpha value is 0. The minimum atomic E-state index is 0. The van der Waals surface area contributed by atoms with Gasteiger partial charge in [-0.1, -0.05) is 151 Å². The summed E-state index contributed by atoms with van der Waals surface area (Å²) in [5.41, 5.74) is 0. The molecule has 0 aromatic carbocycles. The van der Waals surface area contributed by atoms with Crippen LogP contribution in [0.25, 0.3) is 0 Å². The lowest BCUT2D eigenvalue weighted by Gasteiger charge is -2.52. The predicted octanol–water partition coefficient (Wildman–Crippen LogP) is 16.7. The summed E-state index contributed by atoms with van der Waals surface area (Å²) in [5.74, 6) is 17.4. The first kappa shape index (κ1) is 41.6. The number of unbranched alkanes of at least 4 members (excludes halogenated alkanes) is 2. The van der Waals surface area contributed by atoms with Gasteiger partial charge in [-0.3, -0.25) is 0 Å². The first-order valence-electron chi connectivity index (χ1n) is 25.1. The molecule has 302 valence electrons. The Balaban J connectivity index is 0.000000726. The standard InChI is InChI=1S/C46H78.C5H12.CH4/c1-31-30-45(31)46-41(34-15-6-7-16-34)23-13-24-42(46)36-28-26-35(27-29-36)40-20-5-3-4-18-37(32(2)38-19-10-11-22-43(38)40)44-25-12-17-33-14-8-9-21-39(33)44;1-3-5-4-2;/h31-46H,3-30H2,1-2H3;3-5H2,1-2H3;1H4. The van der Waals surface area contributed by atoms with Crippen molar-refractivity contribution in [3.8, 4) is 0 Å². The van der Waals surface area contributed by atoms with Gasteiger partial charge in [-0.15, -0.1) is 0 Å². The van der Waals surface area contributed by atoms with Gasteiger partial charge in [0, 0.05) is 0 Å². The average molecular weight is 719 g/mol. The lowest BCUT2D eigenvalue weighted by atomic mass is 9.54. The van der Waals surface area contributed by atoms with Gasteiger partial charge in [-0.05, 0) is 178 Å². The highest BCUT2D eigenvalue weighted by Gasteiger charge is 2.52. The molecule has 0 nitrogen and oxygen atoms in total. The fourth-order valence-electron chi connectivity index (χ4n) is 16.5. The molecule has 0 aromatic heterocycles. The first-order chi connectivity index (χ1) is 25.1. The molecule has 0 bridgehead atoms. The van der Waals surface area contributed by atoms with Gasteiger partial charge in [0.1, 0.15) is 0 Å². The average Bonchev–Trinajstić information content (AvgIpc) is 3.64. The van der Waals surface area contributed by atoms with E-state index in [1.807, 2.05) is 0 Å². The number of hydrogen-bond donors (Lipinski definition) is 0. The highest BCUT2D eigenvalue weighted by Crippen LogP contribution is 2.60. The van der Waals surface area contributed by atoms with Crippen molar-refractivity contribution in [2.75, 3.05) is 0 Å². The Morgan fingerprint density at radius 3 is 1.13 bits per heavy atom. The van der Waals surface area contributed by atoms with Gasteiger partial charge in [0.15, 0.2) is 0 Å². The van der Waals surface area contributed by atoms with Crippen LogP contribution < -0.4 is 0 Å². The maximum absolute atomic E-state index is 2.85. The van der Waals surface area contributed by atoms with Gasteiger partial charge in [0.25, 0.3) is 0 Å². The van der Waals surface area contributed by atoms with Crippen LogP contribution in [-0.2, 0) is 0 Å². The second kappa shape index (κ2) is 20.4. The molecule has 0 spiro atoms. The summed E-state index contributed by atoms with van der Waals surface area (Å²) in [6, 6.07) is 0. The molecule has 8 fully saturated rings. The van der Waals surface area contributed by atoms with Crippen LogP contribution in [0.15, 0.2) is 0 Å². The van der Waals surface area contributed by atoms with E-state index in [4.69, 9.17) is 0 Å². The molecule has 8 saturated carbocycles. The molecule has 0 radical (unpaired) electrons. The van der Waals surface area contributed by atoms with E-state index in [1.165, 1.54) is 19.3 Å². The third kappa shape index (κ3) is 9.74. The van der Waals surface area contributed by atoms with Crippen LogP contribution in [0, 0.1) is 94.7 Å². The van der Waals surface area contributed by atoms with E-state index in [0.717, 1.165) is 94.7 Å². The third-order valence-electron chi connectivity index (χ3n) is 19.0. The minimum absolute atomic E-state index is 0. The fraction of sp³-hybridized carbons (Fsp3) is 1.00. The molecule has 0 N–H and O–H groups in total. The zero-order chi connectivity index (χ0) is 35.2. The van der Waals surface area contributed by atoms with E-state index in [1.54, 1.807) is 180 Å². The molecule has 13 unspecified atom stereocenters. The molecule has 13 atom stereocenters. The van der Waals surface area contributed by atoms with Gasteiger partial charge in [0.05, 0.1) is 0 Å². The van der Waals surface area contributed by atoms with Crippen molar-refractivity contribution >= 4 is 0 Å². The van der Waals surface area contributed by atoms with Crippen LogP contribution in [-0.4, -0.2) is 0 Å². The van der Waals surface area contributed by atoms with E-state index in [9.17, 15) is 0 Å². The smallest absolute Gasteiger partial charge is 0.0321 e. The van der Waals surface area contributed by atoms with Gasteiger partial charge < -0.3 is 0 Å². The highest BCUT2D eigenvalue weighted by molar-refractivity contribution is 5.01. The Labute approximate surface area is 327 Å². The fourth-order valence-corrected chi connectivity index (χ4v) is 16.5. The molecule has 52 heavy (non-hydrogen) atoms. The second-order valence-electron chi connectivity index (χ2n) is 21.5. The minimum Gasteiger partial charge on any atom is -0.0776 e. The van der Waals surface area contributed by atoms with E-state index in [2.05, 4.69) is 27.7 Å². The highest BCUT2D eigenvalue weighted by atomic mass is 14.6. The van der Waals surface area contributed by atoms with E-state index in [0.29, 0.717) is 0 Å². The Morgan fingerprint density at radius 1 is 0.327 bits per heavy atom. The van der Waals surface area contributed by atoms with Crippen LogP contribution in [0.5, 0.6) is 0 Å². The lowest BCUT2D eigenvalue weighted by Crippen LogP contribution is -2.43. The zero-order valence-electron chi connectivity index (χ0n) is 35.2. The third-order valence-corrected chi connectivity index (χ3v) is 19.0. The zero-order valence-corrected chi connectivity index (χ0v) is 35.2. The van der Waals surface area contributed by atoms with Gasteiger partial charge in [0.2, 0.25) is 0 Å². The molecule has 8 rings (SSSR count). The van der Waals surface area contributed by atoms with Crippen molar-refractivity contribution in [1.82, 2.24) is 0 Å². The van der Waals surface area contributed by atoms with Gasteiger partial charge in [-0.2, -0.15) is 0 Å². The maximum atomic E-state index is 2.85. The summed E-state index contributed by atoms with van der Waals surface area (Å²) >= 11 is 0. The van der Waals surface area contributed by atoms with Crippen molar-refractivity contribution in [1.29, 1.82) is 0 Å². The molecular weight excluding hydrogens is 625 g/mol. The van der Waals surface area contributed by atoms with Crippen LogP contribution in [0.1, 0.15) is 234 Å². The van der Waals surface area contributed by atoms with Crippen LogP contribution in [0.3, 0.4) is 0 Å². The summed E-state index contributed by atoms with van der Waals surface area (Å²) in [6.45, 7) is 9.89.